The average molecular weight is 238 g/mol. The van der Waals surface area contributed by atoms with E-state index < -0.39 is 5.67 Å². The number of rotatable bonds is 6. The summed E-state index contributed by atoms with van der Waals surface area (Å²) in [7, 11) is 0. The quantitative estimate of drug-likeness (QED) is 0.745. The second-order valence-electron chi connectivity index (χ2n) is 4.90. The van der Waals surface area contributed by atoms with Crippen LogP contribution >= 0.6 is 0 Å². The molecule has 17 heavy (non-hydrogen) atoms. The normalized spacial score (nSPS) is 14.9. The van der Waals surface area contributed by atoms with Crippen molar-refractivity contribution < 1.29 is 4.39 Å². The van der Waals surface area contributed by atoms with Gasteiger partial charge in [-0.15, -0.1) is 0 Å². The minimum Gasteiger partial charge on any atom is -0.255 e. The number of nitrogens with one attached hydrogen (secondary N) is 2. The third kappa shape index (κ3) is 4.44. The van der Waals surface area contributed by atoms with Gasteiger partial charge in [0.1, 0.15) is 5.67 Å². The number of halogens is 1. The predicted octanol–water partition coefficient (Wildman–Crippen LogP) is 2.94. The molecule has 2 N–H and O–H groups in total. The van der Waals surface area contributed by atoms with E-state index in [1.54, 1.807) is 6.92 Å². The summed E-state index contributed by atoms with van der Waals surface area (Å²) in [6.45, 7) is 7.98. The first-order valence-corrected chi connectivity index (χ1v) is 6.22. The lowest BCUT2D eigenvalue weighted by molar-refractivity contribution is 0.175. The Hall–Kier alpha value is -0.930. The minimum atomic E-state index is -1.35. The van der Waals surface area contributed by atoms with Gasteiger partial charge in [0.2, 0.25) is 0 Å². The van der Waals surface area contributed by atoms with Crippen molar-refractivity contribution in [3.8, 4) is 0 Å². The van der Waals surface area contributed by atoms with Crippen LogP contribution in [0.5, 0.6) is 0 Å². The molecule has 0 saturated heterocycles. The Morgan fingerprint density at radius 3 is 2.29 bits per heavy atom. The molecule has 0 heterocycles. The monoisotopic (exact) mass is 238 g/mol. The van der Waals surface area contributed by atoms with E-state index in [4.69, 9.17) is 0 Å². The summed E-state index contributed by atoms with van der Waals surface area (Å²) < 4.78 is 14.4. The highest BCUT2D eigenvalue weighted by Gasteiger charge is 2.25. The first-order chi connectivity index (χ1) is 7.95. The van der Waals surface area contributed by atoms with Crippen LogP contribution in [0.15, 0.2) is 24.3 Å². The van der Waals surface area contributed by atoms with Gasteiger partial charge in [0.25, 0.3) is 0 Å². The highest BCUT2D eigenvalue weighted by Crippen LogP contribution is 2.24. The van der Waals surface area contributed by atoms with Crippen LogP contribution in [0, 0.1) is 0 Å². The van der Waals surface area contributed by atoms with E-state index in [-0.39, 0.29) is 6.54 Å². The molecule has 0 aromatic heterocycles. The summed E-state index contributed by atoms with van der Waals surface area (Å²) in [4.78, 5) is 0. The summed E-state index contributed by atoms with van der Waals surface area (Å²) >= 11 is 0. The van der Waals surface area contributed by atoms with E-state index in [9.17, 15) is 4.39 Å². The van der Waals surface area contributed by atoms with E-state index in [1.165, 1.54) is 5.56 Å². The number of benzene rings is 1. The lowest BCUT2D eigenvalue weighted by atomic mass is 9.96. The lowest BCUT2D eigenvalue weighted by Gasteiger charge is -2.23. The van der Waals surface area contributed by atoms with E-state index >= 15 is 0 Å². The predicted molar refractivity (Wildman–Crippen MR) is 70.6 cm³/mol. The molecule has 0 aliphatic rings. The molecule has 0 bridgehead atoms. The molecule has 2 nitrogen and oxygen atoms in total. The summed E-state index contributed by atoms with van der Waals surface area (Å²) in [5, 5.41) is 0. The second kappa shape index (κ2) is 6.12. The minimum absolute atomic E-state index is 0.261. The van der Waals surface area contributed by atoms with Crippen molar-refractivity contribution in [2.24, 2.45) is 0 Å². The van der Waals surface area contributed by atoms with E-state index in [0.29, 0.717) is 11.6 Å². The smallest absolute Gasteiger partial charge is 0.146 e. The van der Waals surface area contributed by atoms with Crippen molar-refractivity contribution in [1.29, 1.82) is 0 Å². The molecule has 0 saturated carbocycles. The third-order valence-electron chi connectivity index (χ3n) is 2.78. The molecule has 0 fully saturated rings. The van der Waals surface area contributed by atoms with Gasteiger partial charge in [-0.3, -0.25) is 10.9 Å². The van der Waals surface area contributed by atoms with Gasteiger partial charge < -0.3 is 0 Å². The standard InChI is InChI=1S/C14H23FN2/c1-5-12-6-8-13(9-7-12)14(4,15)10-16-17-11(2)3/h6-9,11,16-17H,5,10H2,1-4H3. The average Bonchev–Trinajstić information content (AvgIpc) is 2.28. The van der Waals surface area contributed by atoms with Gasteiger partial charge in [0, 0.05) is 12.6 Å². The van der Waals surface area contributed by atoms with Gasteiger partial charge in [-0.05, 0) is 38.3 Å². The van der Waals surface area contributed by atoms with Crippen LogP contribution in [-0.4, -0.2) is 12.6 Å². The fourth-order valence-corrected chi connectivity index (χ4v) is 1.61. The van der Waals surface area contributed by atoms with Crippen LogP contribution in [0.2, 0.25) is 0 Å². The molecular formula is C14H23FN2. The van der Waals surface area contributed by atoms with E-state index in [2.05, 4.69) is 17.8 Å². The molecule has 0 aliphatic heterocycles. The number of hydrogen-bond acceptors (Lipinski definition) is 2. The van der Waals surface area contributed by atoms with Crippen molar-refractivity contribution in [1.82, 2.24) is 10.9 Å². The number of hydrogen-bond donors (Lipinski definition) is 2. The zero-order chi connectivity index (χ0) is 12.9. The molecule has 1 atom stereocenters. The molecule has 1 unspecified atom stereocenters. The Morgan fingerprint density at radius 2 is 1.82 bits per heavy atom. The maximum atomic E-state index is 14.4. The summed E-state index contributed by atoms with van der Waals surface area (Å²) in [6, 6.07) is 8.02. The summed E-state index contributed by atoms with van der Waals surface area (Å²) in [5.41, 5.74) is 6.53. The van der Waals surface area contributed by atoms with Gasteiger partial charge in [-0.1, -0.05) is 31.2 Å². The fraction of sp³-hybridized carbons (Fsp3) is 0.571. The Bertz CT molecular complexity index is 331. The Balaban J connectivity index is 2.61. The summed E-state index contributed by atoms with van der Waals surface area (Å²) in [5.74, 6) is 0. The molecule has 0 radical (unpaired) electrons. The zero-order valence-electron chi connectivity index (χ0n) is 11.2. The van der Waals surface area contributed by atoms with Crippen LogP contribution in [0.1, 0.15) is 38.8 Å². The van der Waals surface area contributed by atoms with Crippen molar-refractivity contribution in [3.05, 3.63) is 35.4 Å². The highest BCUT2D eigenvalue weighted by atomic mass is 19.1. The Labute approximate surface area is 104 Å². The van der Waals surface area contributed by atoms with Crippen molar-refractivity contribution >= 4 is 0 Å². The molecule has 1 aromatic carbocycles. The van der Waals surface area contributed by atoms with Crippen LogP contribution in [0.25, 0.3) is 0 Å². The van der Waals surface area contributed by atoms with E-state index in [1.807, 2.05) is 38.1 Å². The number of hydrazine groups is 1. The van der Waals surface area contributed by atoms with E-state index in [0.717, 1.165) is 6.42 Å². The zero-order valence-corrected chi connectivity index (χ0v) is 11.2. The second-order valence-corrected chi connectivity index (χ2v) is 4.90. The van der Waals surface area contributed by atoms with Crippen LogP contribution < -0.4 is 10.9 Å². The Kier molecular flexibility index (Phi) is 5.09. The number of aryl methyl sites for hydroxylation is 1. The molecular weight excluding hydrogens is 215 g/mol. The Morgan fingerprint density at radius 1 is 1.24 bits per heavy atom. The third-order valence-corrected chi connectivity index (χ3v) is 2.78. The van der Waals surface area contributed by atoms with Crippen LogP contribution in [0.4, 0.5) is 4.39 Å². The highest BCUT2D eigenvalue weighted by molar-refractivity contribution is 5.27. The topological polar surface area (TPSA) is 24.1 Å². The van der Waals surface area contributed by atoms with Crippen LogP contribution in [-0.2, 0) is 12.1 Å². The fourth-order valence-electron chi connectivity index (χ4n) is 1.61. The van der Waals surface area contributed by atoms with Crippen molar-refractivity contribution in [2.75, 3.05) is 6.54 Å². The van der Waals surface area contributed by atoms with Gasteiger partial charge in [0.15, 0.2) is 0 Å². The van der Waals surface area contributed by atoms with Crippen molar-refractivity contribution in [3.63, 3.8) is 0 Å². The molecule has 1 rings (SSSR count). The molecule has 0 spiro atoms. The first-order valence-electron chi connectivity index (χ1n) is 6.22. The van der Waals surface area contributed by atoms with Gasteiger partial charge in [-0.2, -0.15) is 0 Å². The number of alkyl halides is 1. The molecule has 0 aliphatic carbocycles. The largest absolute Gasteiger partial charge is 0.255 e. The molecule has 1 aromatic rings. The first kappa shape index (κ1) is 14.1. The molecule has 0 amide bonds. The lowest BCUT2D eigenvalue weighted by Crippen LogP contribution is -2.43. The van der Waals surface area contributed by atoms with Gasteiger partial charge in [-0.25, -0.2) is 4.39 Å². The SMILES string of the molecule is CCc1ccc(C(C)(F)CNNC(C)C)cc1. The van der Waals surface area contributed by atoms with Gasteiger partial charge >= 0.3 is 0 Å². The maximum Gasteiger partial charge on any atom is 0.146 e. The molecule has 96 valence electrons. The summed E-state index contributed by atoms with van der Waals surface area (Å²) in [6.07, 6.45) is 0.983. The maximum absolute atomic E-state index is 14.4. The van der Waals surface area contributed by atoms with Crippen molar-refractivity contribution in [2.45, 2.75) is 45.8 Å². The van der Waals surface area contributed by atoms with Crippen LogP contribution in [0.3, 0.4) is 0 Å². The van der Waals surface area contributed by atoms with Gasteiger partial charge in [0.05, 0.1) is 0 Å². The molecule has 3 heteroatoms.